The molecule has 3 rings (SSSR count). The van der Waals surface area contributed by atoms with Crippen molar-refractivity contribution in [2.24, 2.45) is 10.7 Å². The summed E-state index contributed by atoms with van der Waals surface area (Å²) in [5, 5.41) is 0.484. The van der Waals surface area contributed by atoms with Crippen LogP contribution in [0.1, 0.15) is 41.6 Å². The molecule has 1 atom stereocenters. The first-order chi connectivity index (χ1) is 11.9. The van der Waals surface area contributed by atoms with Crippen LogP contribution >= 0.6 is 34.9 Å². The zero-order chi connectivity index (χ0) is 18.0. The Hall–Kier alpha value is -1.31. The number of nitrogens with zero attached hydrogens (tertiary/aromatic N) is 1. The third kappa shape index (κ3) is 4.50. The lowest BCUT2D eigenvalue weighted by Crippen LogP contribution is -2.29. The second-order valence-corrected chi connectivity index (χ2v) is 9.36. The molecule has 1 aromatic carbocycles. The molecule has 7 heteroatoms. The molecule has 0 aliphatic carbocycles. The van der Waals surface area contributed by atoms with Crippen molar-refractivity contribution >= 4 is 45.8 Å². The summed E-state index contributed by atoms with van der Waals surface area (Å²) >= 11 is 4.61. The number of Topliss-reactive ketones (excluding diaryl/α,β-unsaturated/α-hetero) is 1. The summed E-state index contributed by atoms with van der Waals surface area (Å²) in [6.07, 6.45) is 2.96. The number of amidine groups is 1. The first kappa shape index (κ1) is 21.0. The lowest BCUT2D eigenvalue weighted by Gasteiger charge is -2.30. The van der Waals surface area contributed by atoms with Crippen molar-refractivity contribution in [1.29, 1.82) is 0 Å². The molecule has 2 N–H and O–H groups in total. The Morgan fingerprint density at radius 3 is 2.81 bits per heavy atom. The van der Waals surface area contributed by atoms with E-state index in [1.165, 1.54) is 29.2 Å². The number of carbonyl (C=O) groups is 1. The lowest BCUT2D eigenvalue weighted by molar-refractivity contribution is 0.0996. The van der Waals surface area contributed by atoms with E-state index in [2.05, 4.69) is 4.99 Å². The number of thiophene rings is 1. The molecule has 2 heterocycles. The zero-order valence-corrected chi connectivity index (χ0v) is 16.5. The maximum absolute atomic E-state index is 14.4. The van der Waals surface area contributed by atoms with Crippen molar-refractivity contribution in [2.75, 3.05) is 12.0 Å². The number of nitrogens with two attached hydrogens (primary N) is 1. The molecule has 0 spiro atoms. The van der Waals surface area contributed by atoms with Gasteiger partial charge in [0.25, 0.3) is 0 Å². The van der Waals surface area contributed by atoms with Crippen LogP contribution in [0.4, 0.5) is 4.39 Å². The van der Waals surface area contributed by atoms with Crippen molar-refractivity contribution < 1.29 is 9.18 Å². The van der Waals surface area contributed by atoms with Gasteiger partial charge in [0, 0.05) is 17.7 Å². The number of ketones is 1. The SMILES string of the molecule is C.CSc1ccc(C(=O)Cc2ccc(F)c([C@]3(C)CCSC(N)=N3)c2)s1. The molecule has 0 bridgehead atoms. The van der Waals surface area contributed by atoms with E-state index in [0.29, 0.717) is 17.2 Å². The van der Waals surface area contributed by atoms with E-state index < -0.39 is 5.54 Å². The fraction of sp³-hybridized carbons (Fsp3) is 0.368. The Kier molecular flexibility index (Phi) is 6.93. The van der Waals surface area contributed by atoms with Crippen LogP contribution in [0.5, 0.6) is 0 Å². The van der Waals surface area contributed by atoms with Gasteiger partial charge in [-0.05, 0) is 49.4 Å². The van der Waals surface area contributed by atoms with E-state index in [1.54, 1.807) is 23.9 Å². The van der Waals surface area contributed by atoms with Crippen LogP contribution in [0.25, 0.3) is 0 Å². The molecule has 0 saturated heterocycles. The summed E-state index contributed by atoms with van der Waals surface area (Å²) in [7, 11) is 0. The number of hydrogen-bond donors (Lipinski definition) is 1. The molecular weight excluding hydrogens is 387 g/mol. The van der Waals surface area contributed by atoms with Gasteiger partial charge in [0.05, 0.1) is 14.6 Å². The molecule has 0 unspecified atom stereocenters. The maximum Gasteiger partial charge on any atom is 0.177 e. The Morgan fingerprint density at radius 1 is 1.38 bits per heavy atom. The molecule has 26 heavy (non-hydrogen) atoms. The molecule has 2 aromatic rings. The molecular formula is C19H23FN2OS3. The van der Waals surface area contributed by atoms with Crippen LogP contribution in [0.15, 0.2) is 39.5 Å². The molecule has 0 radical (unpaired) electrons. The van der Waals surface area contributed by atoms with E-state index in [1.807, 2.05) is 25.3 Å². The second kappa shape index (κ2) is 8.59. The number of hydrogen-bond acceptors (Lipinski definition) is 6. The summed E-state index contributed by atoms with van der Waals surface area (Å²) in [6, 6.07) is 8.68. The predicted octanol–water partition coefficient (Wildman–Crippen LogP) is 5.34. The van der Waals surface area contributed by atoms with E-state index in [4.69, 9.17) is 5.73 Å². The number of thioether (sulfide) groups is 2. The Bertz CT molecular complexity index is 834. The van der Waals surface area contributed by atoms with Crippen LogP contribution in [-0.2, 0) is 12.0 Å². The van der Waals surface area contributed by atoms with Gasteiger partial charge in [-0.3, -0.25) is 9.79 Å². The van der Waals surface area contributed by atoms with E-state index >= 15 is 0 Å². The maximum atomic E-state index is 14.4. The second-order valence-electron chi connectivity index (χ2n) is 6.06. The fourth-order valence-electron chi connectivity index (χ4n) is 2.83. The third-order valence-corrected chi connectivity index (χ3v) is 7.23. The first-order valence-electron chi connectivity index (χ1n) is 7.85. The summed E-state index contributed by atoms with van der Waals surface area (Å²) in [5.74, 6) is 0.555. The van der Waals surface area contributed by atoms with E-state index in [-0.39, 0.29) is 25.4 Å². The topological polar surface area (TPSA) is 55.5 Å². The van der Waals surface area contributed by atoms with Crippen LogP contribution in [0.2, 0.25) is 0 Å². The summed E-state index contributed by atoms with van der Waals surface area (Å²) < 4.78 is 15.5. The largest absolute Gasteiger partial charge is 0.379 e. The highest BCUT2D eigenvalue weighted by molar-refractivity contribution is 8.13. The van der Waals surface area contributed by atoms with Gasteiger partial charge in [-0.15, -0.1) is 23.1 Å². The Balaban J connectivity index is 0.00000243. The van der Waals surface area contributed by atoms with Crippen LogP contribution in [0.3, 0.4) is 0 Å². The quantitative estimate of drug-likeness (QED) is 0.534. The number of halogens is 1. The number of benzene rings is 1. The highest BCUT2D eigenvalue weighted by atomic mass is 32.2. The summed E-state index contributed by atoms with van der Waals surface area (Å²) in [6.45, 7) is 1.90. The highest BCUT2D eigenvalue weighted by Crippen LogP contribution is 2.37. The molecule has 1 aromatic heterocycles. The minimum atomic E-state index is -0.673. The lowest BCUT2D eigenvalue weighted by atomic mass is 9.87. The van der Waals surface area contributed by atoms with Crippen LogP contribution < -0.4 is 5.73 Å². The molecule has 3 nitrogen and oxygen atoms in total. The summed E-state index contributed by atoms with van der Waals surface area (Å²) in [4.78, 5) is 17.7. The van der Waals surface area contributed by atoms with E-state index in [0.717, 1.165) is 20.4 Å². The normalized spacial score (nSPS) is 19.6. The van der Waals surface area contributed by atoms with Crippen LogP contribution in [0, 0.1) is 5.82 Å². The molecule has 140 valence electrons. The fourth-order valence-corrected chi connectivity index (χ4v) is 5.28. The number of aliphatic imine (C=N–C) groups is 1. The summed E-state index contributed by atoms with van der Waals surface area (Å²) in [5.41, 5.74) is 6.48. The van der Waals surface area contributed by atoms with Crippen molar-refractivity contribution in [3.05, 3.63) is 52.2 Å². The van der Waals surface area contributed by atoms with Gasteiger partial charge in [0.1, 0.15) is 5.82 Å². The minimum absolute atomic E-state index is 0. The van der Waals surface area contributed by atoms with E-state index in [9.17, 15) is 9.18 Å². The van der Waals surface area contributed by atoms with Crippen molar-refractivity contribution in [3.63, 3.8) is 0 Å². The van der Waals surface area contributed by atoms with Crippen LogP contribution in [-0.4, -0.2) is 23.0 Å². The highest BCUT2D eigenvalue weighted by Gasteiger charge is 2.32. The zero-order valence-electron chi connectivity index (χ0n) is 14.0. The average molecular weight is 411 g/mol. The van der Waals surface area contributed by atoms with Gasteiger partial charge in [-0.2, -0.15) is 0 Å². The third-order valence-electron chi connectivity index (χ3n) is 4.23. The van der Waals surface area contributed by atoms with Gasteiger partial charge >= 0.3 is 0 Å². The standard InChI is InChI=1S/C18H19FN2OS3.CH4/c1-18(7-8-24-17(20)21-18)12-9-11(3-4-13(12)19)10-14(22)15-5-6-16(23-2)25-15;/h3-6,9H,7-8,10H2,1-2H3,(H2,20,21);1H4/t18-;/m0./s1. The predicted molar refractivity (Wildman–Crippen MR) is 113 cm³/mol. The van der Waals surface area contributed by atoms with Gasteiger partial charge < -0.3 is 5.73 Å². The van der Waals surface area contributed by atoms with Crippen molar-refractivity contribution in [2.45, 2.75) is 36.9 Å². The molecule has 1 aliphatic rings. The number of carbonyl (C=O) groups excluding carboxylic acids is 1. The average Bonchev–Trinajstić information content (AvgIpc) is 3.05. The smallest absolute Gasteiger partial charge is 0.177 e. The van der Waals surface area contributed by atoms with Gasteiger partial charge in [-0.25, -0.2) is 4.39 Å². The van der Waals surface area contributed by atoms with Crippen molar-refractivity contribution in [1.82, 2.24) is 0 Å². The molecule has 0 saturated carbocycles. The first-order valence-corrected chi connectivity index (χ1v) is 10.9. The molecule has 1 aliphatic heterocycles. The monoisotopic (exact) mass is 410 g/mol. The minimum Gasteiger partial charge on any atom is -0.379 e. The van der Waals surface area contributed by atoms with Gasteiger partial charge in [-0.1, -0.05) is 25.3 Å². The van der Waals surface area contributed by atoms with Crippen molar-refractivity contribution in [3.8, 4) is 0 Å². The van der Waals surface area contributed by atoms with Gasteiger partial charge in [0.2, 0.25) is 0 Å². The Labute approximate surface area is 166 Å². The molecule has 0 amide bonds. The number of rotatable bonds is 5. The Morgan fingerprint density at radius 2 is 2.15 bits per heavy atom. The molecule has 0 fully saturated rings. The van der Waals surface area contributed by atoms with Gasteiger partial charge in [0.15, 0.2) is 11.0 Å².